The number of rotatable bonds is 4. The summed E-state index contributed by atoms with van der Waals surface area (Å²) in [5.41, 5.74) is 2.68. The van der Waals surface area contributed by atoms with Crippen LogP contribution in [0.5, 0.6) is 0 Å². The lowest BCUT2D eigenvalue weighted by atomic mass is 9.95. The molecule has 2 aromatic heterocycles. The van der Waals surface area contributed by atoms with Crippen LogP contribution in [0.15, 0.2) is 48.5 Å². The predicted octanol–water partition coefficient (Wildman–Crippen LogP) is 8.00. The Morgan fingerprint density at radius 1 is 0.673 bits per heavy atom. The average Bonchev–Trinajstić information content (AvgIpc) is 3.86. The van der Waals surface area contributed by atoms with E-state index in [9.17, 15) is 35.9 Å². The molecule has 4 aromatic rings. The second-order valence-corrected chi connectivity index (χ2v) is 12.5. The number of aldehydes is 1. The molecule has 0 atom stereocenters. The number of carbonyl (C=O) groups is 2. The number of halogens is 6. The minimum atomic E-state index is -4.45. The monoisotopic (exact) mass is 686 g/mol. The van der Waals surface area contributed by atoms with Crippen molar-refractivity contribution in [1.29, 1.82) is 0 Å². The number of nitrogens with zero attached hydrogens (tertiary/aromatic N) is 6. The Kier molecular flexibility index (Phi) is 9.58. The van der Waals surface area contributed by atoms with Gasteiger partial charge < -0.3 is 4.90 Å². The molecule has 2 aliphatic carbocycles. The second-order valence-electron chi connectivity index (χ2n) is 12.5. The highest BCUT2D eigenvalue weighted by Crippen LogP contribution is 2.38. The van der Waals surface area contributed by atoms with Crippen molar-refractivity contribution in [3.05, 3.63) is 88.0 Å². The summed E-state index contributed by atoms with van der Waals surface area (Å²) in [7, 11) is 1.72. The standard InChI is InChI=1S/C20H23F3N4O.C15H13F3N2O/c1-25(19(28)26-12-4-5-13-26)14-8-10-15(11-9-14)27-17-7-3-2-6-16(17)18(24-27)20(21,22)23;16-15(17,18)14-12-3-1-2-4-13(12)20(19-14)11-7-5-10(9-21)6-8-11/h8-11H,2-7,12-13H2,1H3;5-9H,1-4H2. The number of hydrogen-bond donors (Lipinski definition) is 0. The molecule has 0 unspecified atom stereocenters. The summed E-state index contributed by atoms with van der Waals surface area (Å²) in [6, 6.07) is 13.3. The van der Waals surface area contributed by atoms with E-state index in [4.69, 9.17) is 0 Å². The Morgan fingerprint density at radius 3 is 1.53 bits per heavy atom. The van der Waals surface area contributed by atoms with Gasteiger partial charge in [0.15, 0.2) is 11.4 Å². The van der Waals surface area contributed by atoms with E-state index in [0.717, 1.165) is 51.6 Å². The molecule has 1 aliphatic heterocycles. The largest absolute Gasteiger partial charge is 0.435 e. The second kappa shape index (κ2) is 13.7. The summed E-state index contributed by atoms with van der Waals surface area (Å²) in [5.74, 6) is 0. The van der Waals surface area contributed by atoms with E-state index in [1.54, 1.807) is 60.5 Å². The quantitative estimate of drug-likeness (QED) is 0.161. The van der Waals surface area contributed by atoms with Crippen LogP contribution in [0.3, 0.4) is 0 Å². The Hall–Kier alpha value is -4.62. The normalized spacial score (nSPS) is 16.0. The van der Waals surface area contributed by atoms with E-state index in [1.807, 2.05) is 4.90 Å². The Balaban J connectivity index is 0.000000177. The summed E-state index contributed by atoms with van der Waals surface area (Å²) in [6.07, 6.45) is -0.907. The molecular weight excluding hydrogens is 650 g/mol. The number of likely N-dealkylation sites (tertiary alicyclic amines) is 1. The number of hydrogen-bond acceptors (Lipinski definition) is 4. The van der Waals surface area contributed by atoms with E-state index in [1.165, 1.54) is 9.36 Å². The van der Waals surface area contributed by atoms with Crippen LogP contribution < -0.4 is 4.90 Å². The fourth-order valence-electron chi connectivity index (χ4n) is 6.82. The maximum atomic E-state index is 13.4. The molecule has 14 heteroatoms. The number of aromatic nitrogens is 4. The van der Waals surface area contributed by atoms with Crippen LogP contribution in [0.1, 0.15) is 82.8 Å². The van der Waals surface area contributed by atoms with Gasteiger partial charge in [-0.3, -0.25) is 9.69 Å². The van der Waals surface area contributed by atoms with Crippen molar-refractivity contribution in [1.82, 2.24) is 24.5 Å². The van der Waals surface area contributed by atoms with Crippen LogP contribution >= 0.6 is 0 Å². The summed E-state index contributed by atoms with van der Waals surface area (Å²) < 4.78 is 82.3. The Morgan fingerprint density at radius 2 is 1.10 bits per heavy atom. The third kappa shape index (κ3) is 7.09. The van der Waals surface area contributed by atoms with Crippen molar-refractivity contribution in [2.24, 2.45) is 0 Å². The zero-order chi connectivity index (χ0) is 34.9. The van der Waals surface area contributed by atoms with Crippen LogP contribution in [0.4, 0.5) is 36.8 Å². The van der Waals surface area contributed by atoms with Gasteiger partial charge in [-0.05, 0) is 113 Å². The lowest BCUT2D eigenvalue weighted by molar-refractivity contribution is -0.142. The third-order valence-electron chi connectivity index (χ3n) is 9.32. The highest BCUT2D eigenvalue weighted by atomic mass is 19.4. The molecule has 8 nitrogen and oxygen atoms in total. The maximum absolute atomic E-state index is 13.4. The fourth-order valence-corrected chi connectivity index (χ4v) is 6.82. The minimum Gasteiger partial charge on any atom is -0.324 e. The van der Waals surface area contributed by atoms with Gasteiger partial charge in [0.25, 0.3) is 0 Å². The summed E-state index contributed by atoms with van der Waals surface area (Å²) in [5, 5.41) is 7.70. The molecule has 49 heavy (non-hydrogen) atoms. The molecule has 0 bridgehead atoms. The van der Waals surface area contributed by atoms with Gasteiger partial charge in [-0.25, -0.2) is 14.2 Å². The van der Waals surface area contributed by atoms with Crippen LogP contribution in [0.2, 0.25) is 0 Å². The maximum Gasteiger partial charge on any atom is 0.435 e. The van der Waals surface area contributed by atoms with Gasteiger partial charge in [-0.2, -0.15) is 36.5 Å². The van der Waals surface area contributed by atoms with Gasteiger partial charge in [-0.15, -0.1) is 0 Å². The molecule has 2 aromatic carbocycles. The first-order chi connectivity index (χ1) is 23.4. The summed E-state index contributed by atoms with van der Waals surface area (Å²) in [4.78, 5) is 26.6. The first kappa shape index (κ1) is 34.3. The molecule has 0 saturated carbocycles. The van der Waals surface area contributed by atoms with Crippen molar-refractivity contribution >= 4 is 18.0 Å². The summed E-state index contributed by atoms with van der Waals surface area (Å²) >= 11 is 0. The third-order valence-corrected chi connectivity index (χ3v) is 9.32. The molecule has 3 aliphatic rings. The van der Waals surface area contributed by atoms with Gasteiger partial charge >= 0.3 is 18.4 Å². The topological polar surface area (TPSA) is 76.3 Å². The molecule has 0 radical (unpaired) electrons. The Bertz CT molecular complexity index is 1800. The fraction of sp³-hybridized carbons (Fsp3) is 0.429. The number of urea groups is 1. The predicted molar refractivity (Wildman–Crippen MR) is 170 cm³/mol. The first-order valence-corrected chi connectivity index (χ1v) is 16.4. The van der Waals surface area contributed by atoms with E-state index in [0.29, 0.717) is 77.1 Å². The number of alkyl halides is 6. The number of amides is 2. The number of anilines is 1. The van der Waals surface area contributed by atoms with Crippen molar-refractivity contribution in [2.75, 3.05) is 25.0 Å². The molecule has 0 spiro atoms. The van der Waals surface area contributed by atoms with E-state index in [-0.39, 0.29) is 6.03 Å². The molecule has 2 amide bonds. The Labute approximate surface area is 279 Å². The van der Waals surface area contributed by atoms with Crippen LogP contribution in [-0.4, -0.2) is 56.9 Å². The smallest absolute Gasteiger partial charge is 0.324 e. The summed E-state index contributed by atoms with van der Waals surface area (Å²) in [6.45, 7) is 1.53. The molecule has 7 rings (SSSR count). The molecular formula is C35H36F6N6O2. The van der Waals surface area contributed by atoms with Gasteiger partial charge in [0, 0.05) is 53.9 Å². The molecule has 260 valence electrons. The van der Waals surface area contributed by atoms with E-state index < -0.39 is 23.7 Å². The van der Waals surface area contributed by atoms with Crippen molar-refractivity contribution < 1.29 is 35.9 Å². The molecule has 1 fully saturated rings. The van der Waals surface area contributed by atoms with Crippen LogP contribution in [0.25, 0.3) is 11.4 Å². The van der Waals surface area contributed by atoms with Crippen molar-refractivity contribution in [3.63, 3.8) is 0 Å². The van der Waals surface area contributed by atoms with Crippen molar-refractivity contribution in [2.45, 2.75) is 76.6 Å². The lowest BCUT2D eigenvalue weighted by Crippen LogP contribution is -2.39. The van der Waals surface area contributed by atoms with Gasteiger partial charge in [0.1, 0.15) is 6.29 Å². The minimum absolute atomic E-state index is 0.0546. The van der Waals surface area contributed by atoms with Crippen LogP contribution in [0, 0.1) is 0 Å². The molecule has 3 heterocycles. The van der Waals surface area contributed by atoms with Gasteiger partial charge in [0.05, 0.1) is 11.4 Å². The SMILES string of the molecule is CN(C(=O)N1CCCC1)c1ccc(-n2nc(C(F)(F)F)c3c2CCCC3)cc1.O=Cc1ccc(-n2nc(C(F)(F)F)c3c2CCCC3)cc1. The highest BCUT2D eigenvalue weighted by Gasteiger charge is 2.41. The van der Waals surface area contributed by atoms with E-state index in [2.05, 4.69) is 10.2 Å². The van der Waals surface area contributed by atoms with Gasteiger partial charge in [-0.1, -0.05) is 0 Å². The average molecular weight is 687 g/mol. The molecule has 0 N–H and O–H groups in total. The van der Waals surface area contributed by atoms with E-state index >= 15 is 0 Å². The number of carbonyl (C=O) groups excluding carboxylic acids is 2. The zero-order valence-corrected chi connectivity index (χ0v) is 26.9. The van der Waals surface area contributed by atoms with Crippen molar-refractivity contribution in [3.8, 4) is 11.4 Å². The van der Waals surface area contributed by atoms with Gasteiger partial charge in [0.2, 0.25) is 0 Å². The number of benzene rings is 2. The number of fused-ring (bicyclic) bond motifs is 2. The first-order valence-electron chi connectivity index (χ1n) is 16.4. The molecule has 1 saturated heterocycles. The lowest BCUT2D eigenvalue weighted by Gasteiger charge is -2.24. The zero-order valence-electron chi connectivity index (χ0n) is 26.9. The van der Waals surface area contributed by atoms with Crippen LogP contribution in [-0.2, 0) is 38.0 Å². The highest BCUT2D eigenvalue weighted by molar-refractivity contribution is 5.91.